The minimum atomic E-state index is 0.0681. The molecule has 1 amide bonds. The molecule has 1 fully saturated rings. The van der Waals surface area contributed by atoms with Crippen molar-refractivity contribution in [2.24, 2.45) is 16.8 Å². The Kier molecular flexibility index (Phi) is 3.60. The second kappa shape index (κ2) is 5.40. The molecule has 0 spiro atoms. The van der Waals surface area contributed by atoms with E-state index in [0.717, 1.165) is 30.1 Å². The molecule has 2 heterocycles. The Balaban J connectivity index is 1.76. The molecule has 2 aliphatic rings. The van der Waals surface area contributed by atoms with Gasteiger partial charge in [-0.15, -0.1) is 11.3 Å². The first-order valence-corrected chi connectivity index (χ1v) is 7.54. The van der Waals surface area contributed by atoms with Crippen molar-refractivity contribution < 1.29 is 4.79 Å². The van der Waals surface area contributed by atoms with E-state index >= 15 is 0 Å². The number of nitrogens with zero attached hydrogens (tertiary/aromatic N) is 5. The highest BCUT2D eigenvalue weighted by atomic mass is 32.1. The number of carbonyl (C=O) groups excluding carboxylic acids is 1. The molecule has 1 aromatic heterocycles. The van der Waals surface area contributed by atoms with Gasteiger partial charge in [0.15, 0.2) is 5.13 Å². The van der Waals surface area contributed by atoms with Crippen molar-refractivity contribution >= 4 is 22.4 Å². The predicted octanol–water partition coefficient (Wildman–Crippen LogP) is 1.62. The first-order chi connectivity index (χ1) is 9.67. The number of azide groups is 1. The van der Waals surface area contributed by atoms with Crippen LogP contribution in [0.25, 0.3) is 10.4 Å². The van der Waals surface area contributed by atoms with Crippen LogP contribution in [0.4, 0.5) is 5.13 Å². The summed E-state index contributed by atoms with van der Waals surface area (Å²) in [5, 5.41) is 4.34. The second-order valence-corrected chi connectivity index (χ2v) is 6.42. The first-order valence-electron chi connectivity index (χ1n) is 6.72. The van der Waals surface area contributed by atoms with Crippen LogP contribution >= 0.6 is 11.3 Å². The highest BCUT2D eigenvalue weighted by molar-refractivity contribution is 7.16. The predicted molar refractivity (Wildman–Crippen MR) is 76.6 cm³/mol. The second-order valence-electron chi connectivity index (χ2n) is 5.36. The van der Waals surface area contributed by atoms with Gasteiger partial charge in [0.25, 0.3) is 0 Å². The maximum absolute atomic E-state index is 12.1. The average Bonchev–Trinajstić information content (AvgIpc) is 2.99. The number of aryl methyl sites for hydroxylation is 1. The van der Waals surface area contributed by atoms with E-state index in [0.29, 0.717) is 19.5 Å². The van der Waals surface area contributed by atoms with Gasteiger partial charge in [-0.3, -0.25) is 9.69 Å². The van der Waals surface area contributed by atoms with Gasteiger partial charge < -0.3 is 5.73 Å². The lowest BCUT2D eigenvalue weighted by molar-refractivity contribution is -0.117. The smallest absolute Gasteiger partial charge is 0.229 e. The van der Waals surface area contributed by atoms with Crippen molar-refractivity contribution in [3.63, 3.8) is 0 Å². The molecule has 0 saturated carbocycles. The molecule has 0 bridgehead atoms. The van der Waals surface area contributed by atoms with Gasteiger partial charge in [-0.1, -0.05) is 5.11 Å². The minimum absolute atomic E-state index is 0.0681. The van der Waals surface area contributed by atoms with Gasteiger partial charge in [-0.25, -0.2) is 4.98 Å². The zero-order chi connectivity index (χ0) is 14.1. The third-order valence-corrected chi connectivity index (χ3v) is 4.95. The Hall–Kier alpha value is -1.63. The Bertz CT molecular complexity index is 579. The van der Waals surface area contributed by atoms with Crippen molar-refractivity contribution in [3.8, 4) is 0 Å². The van der Waals surface area contributed by atoms with Crippen molar-refractivity contribution in [3.05, 3.63) is 21.0 Å². The molecule has 0 aromatic carbocycles. The summed E-state index contributed by atoms with van der Waals surface area (Å²) in [6.45, 7) is 0.963. The molecule has 2 N–H and O–H groups in total. The summed E-state index contributed by atoms with van der Waals surface area (Å²) >= 11 is 1.58. The fourth-order valence-corrected chi connectivity index (χ4v) is 3.97. The lowest BCUT2D eigenvalue weighted by Crippen LogP contribution is -2.27. The fourth-order valence-electron chi connectivity index (χ4n) is 2.74. The molecule has 3 rings (SSSR count). The molecule has 1 aliphatic carbocycles. The number of hydrogen-bond donors (Lipinski definition) is 1. The molecule has 1 aromatic rings. The first kappa shape index (κ1) is 13.4. The molecule has 1 saturated heterocycles. The minimum Gasteiger partial charge on any atom is -0.327 e. The van der Waals surface area contributed by atoms with Gasteiger partial charge >= 0.3 is 0 Å². The summed E-state index contributed by atoms with van der Waals surface area (Å²) in [6.07, 6.45) is 3.15. The van der Waals surface area contributed by atoms with E-state index in [1.54, 1.807) is 16.2 Å². The van der Waals surface area contributed by atoms with Gasteiger partial charge in [0.2, 0.25) is 5.91 Å². The van der Waals surface area contributed by atoms with Crippen LogP contribution in [0, 0.1) is 5.92 Å². The third kappa shape index (κ3) is 2.49. The number of aromatic nitrogens is 1. The van der Waals surface area contributed by atoms with Crippen molar-refractivity contribution in [1.29, 1.82) is 0 Å². The molecule has 106 valence electrons. The summed E-state index contributed by atoms with van der Waals surface area (Å²) in [4.78, 5) is 22.3. The lowest BCUT2D eigenvalue weighted by Gasteiger charge is -2.15. The van der Waals surface area contributed by atoms with Gasteiger partial charge in [0.1, 0.15) is 0 Å². The van der Waals surface area contributed by atoms with Crippen molar-refractivity contribution in [2.45, 2.75) is 31.7 Å². The number of thiazole rings is 1. The highest BCUT2D eigenvalue weighted by Crippen LogP contribution is 2.34. The van der Waals surface area contributed by atoms with Crippen molar-refractivity contribution in [2.75, 3.05) is 18.0 Å². The molecule has 0 radical (unpaired) electrons. The number of anilines is 1. The van der Waals surface area contributed by atoms with E-state index in [1.807, 2.05) is 0 Å². The highest BCUT2D eigenvalue weighted by Gasteiger charge is 2.33. The topological polar surface area (TPSA) is 108 Å². The number of carbonyl (C=O) groups is 1. The molecule has 20 heavy (non-hydrogen) atoms. The van der Waals surface area contributed by atoms with Gasteiger partial charge in [0, 0.05) is 35.3 Å². The molecule has 1 aliphatic heterocycles. The Labute approximate surface area is 120 Å². The van der Waals surface area contributed by atoms with Gasteiger partial charge in [0.05, 0.1) is 5.69 Å². The fraction of sp³-hybridized carbons (Fsp3) is 0.667. The van der Waals surface area contributed by atoms with E-state index in [9.17, 15) is 4.79 Å². The van der Waals surface area contributed by atoms with Crippen LogP contribution in [-0.4, -0.2) is 30.0 Å². The summed E-state index contributed by atoms with van der Waals surface area (Å²) in [6, 6.07) is 0.211. The molecular formula is C12H16N6OS. The van der Waals surface area contributed by atoms with E-state index in [1.165, 1.54) is 4.88 Å². The van der Waals surface area contributed by atoms with Crippen LogP contribution in [0.15, 0.2) is 5.11 Å². The quantitative estimate of drug-likeness (QED) is 0.519. The summed E-state index contributed by atoms with van der Waals surface area (Å²) in [7, 11) is 0. The Morgan fingerprint density at radius 2 is 2.40 bits per heavy atom. The van der Waals surface area contributed by atoms with Crippen LogP contribution in [0.2, 0.25) is 0 Å². The van der Waals surface area contributed by atoms with Crippen molar-refractivity contribution in [1.82, 2.24) is 4.98 Å². The zero-order valence-corrected chi connectivity index (χ0v) is 11.8. The summed E-state index contributed by atoms with van der Waals surface area (Å²) in [5.74, 6) is 0.167. The summed E-state index contributed by atoms with van der Waals surface area (Å²) in [5.41, 5.74) is 15.4. The molecular weight excluding hydrogens is 276 g/mol. The zero-order valence-electron chi connectivity index (χ0n) is 11.0. The summed E-state index contributed by atoms with van der Waals surface area (Å²) < 4.78 is 0. The SMILES string of the molecule is [N-]=[N+]=NCC1CC(=O)N(c2nc3c(s2)C[C@@H](N)CC3)C1. The van der Waals surface area contributed by atoms with Crippen LogP contribution in [0.1, 0.15) is 23.4 Å². The van der Waals surface area contributed by atoms with Crippen LogP contribution in [-0.2, 0) is 17.6 Å². The van der Waals surface area contributed by atoms with E-state index in [-0.39, 0.29) is 17.9 Å². The third-order valence-electron chi connectivity index (χ3n) is 3.81. The normalized spacial score (nSPS) is 25.4. The maximum atomic E-state index is 12.1. The Morgan fingerprint density at radius 3 is 3.20 bits per heavy atom. The average molecular weight is 292 g/mol. The molecule has 2 atom stereocenters. The van der Waals surface area contributed by atoms with Crippen LogP contribution in [0.3, 0.4) is 0 Å². The number of fused-ring (bicyclic) bond motifs is 1. The number of amides is 1. The Morgan fingerprint density at radius 1 is 1.55 bits per heavy atom. The number of nitrogens with two attached hydrogens (primary N) is 1. The standard InChI is InChI=1S/C12H16N6OS/c13-8-1-2-9-10(4-8)20-12(16-9)18-6-7(3-11(18)19)5-15-17-14/h7-8H,1-6,13H2/t7?,8-/m0/s1. The van der Waals surface area contributed by atoms with Crippen LogP contribution in [0.5, 0.6) is 0 Å². The van der Waals surface area contributed by atoms with E-state index in [4.69, 9.17) is 11.3 Å². The largest absolute Gasteiger partial charge is 0.327 e. The van der Waals surface area contributed by atoms with E-state index in [2.05, 4.69) is 15.0 Å². The monoisotopic (exact) mass is 292 g/mol. The van der Waals surface area contributed by atoms with Gasteiger partial charge in [-0.2, -0.15) is 0 Å². The lowest BCUT2D eigenvalue weighted by atomic mass is 9.99. The molecule has 8 heteroatoms. The van der Waals surface area contributed by atoms with Crippen LogP contribution < -0.4 is 10.6 Å². The molecule has 7 nitrogen and oxygen atoms in total. The van der Waals surface area contributed by atoms with E-state index < -0.39 is 0 Å². The van der Waals surface area contributed by atoms with Gasteiger partial charge in [-0.05, 0) is 30.7 Å². The number of rotatable bonds is 3. The molecule has 1 unspecified atom stereocenters. The number of hydrogen-bond acceptors (Lipinski definition) is 5. The maximum Gasteiger partial charge on any atom is 0.229 e.